The minimum atomic E-state index is 0.571. The van der Waals surface area contributed by atoms with Gasteiger partial charge in [0.25, 0.3) is 0 Å². The first-order chi connectivity index (χ1) is 10.8. The molecule has 5 heteroatoms. The van der Waals surface area contributed by atoms with Crippen molar-refractivity contribution in [2.24, 2.45) is 0 Å². The highest BCUT2D eigenvalue weighted by atomic mass is 15.2. The number of nitrogens with zero attached hydrogens (tertiary/aromatic N) is 3. The van der Waals surface area contributed by atoms with Crippen LogP contribution < -0.4 is 10.6 Å². The van der Waals surface area contributed by atoms with Crippen LogP contribution in [0.5, 0.6) is 0 Å². The van der Waals surface area contributed by atoms with Gasteiger partial charge in [-0.3, -0.25) is 4.98 Å². The van der Waals surface area contributed by atoms with Crippen molar-refractivity contribution in [3.8, 4) is 0 Å². The molecule has 0 aliphatic heterocycles. The maximum atomic E-state index is 4.55. The molecule has 3 aromatic rings. The minimum Gasteiger partial charge on any atom is -0.367 e. The van der Waals surface area contributed by atoms with Crippen LogP contribution in [0.1, 0.15) is 18.5 Å². The third-order valence-electron chi connectivity index (χ3n) is 3.66. The Bertz CT molecular complexity index is 821. The Labute approximate surface area is 128 Å². The van der Waals surface area contributed by atoms with Crippen molar-refractivity contribution in [1.29, 1.82) is 0 Å². The van der Waals surface area contributed by atoms with Gasteiger partial charge in [-0.15, -0.1) is 0 Å². The lowest BCUT2D eigenvalue weighted by Gasteiger charge is -2.10. The van der Waals surface area contributed by atoms with Crippen molar-refractivity contribution in [3.05, 3.63) is 48.3 Å². The summed E-state index contributed by atoms with van der Waals surface area (Å²) in [4.78, 5) is 13.5. The van der Waals surface area contributed by atoms with E-state index in [0.717, 1.165) is 28.1 Å². The van der Waals surface area contributed by atoms with Crippen molar-refractivity contribution in [1.82, 2.24) is 15.0 Å². The SMILES string of the molecule is Cc1cc(NC2CC2)nc(Nc2cccc3cccnc23)n1. The summed E-state index contributed by atoms with van der Waals surface area (Å²) < 4.78 is 0. The highest BCUT2D eigenvalue weighted by Gasteiger charge is 2.21. The van der Waals surface area contributed by atoms with Crippen LogP contribution >= 0.6 is 0 Å². The van der Waals surface area contributed by atoms with Crippen LogP contribution in [0.3, 0.4) is 0 Å². The van der Waals surface area contributed by atoms with Gasteiger partial charge in [-0.2, -0.15) is 4.98 Å². The quantitative estimate of drug-likeness (QED) is 0.768. The fourth-order valence-electron chi connectivity index (χ4n) is 2.46. The molecule has 2 aromatic heterocycles. The monoisotopic (exact) mass is 291 g/mol. The first-order valence-corrected chi connectivity index (χ1v) is 7.51. The predicted molar refractivity (Wildman–Crippen MR) is 88.4 cm³/mol. The van der Waals surface area contributed by atoms with Crippen LogP contribution in [0.2, 0.25) is 0 Å². The number of aryl methyl sites for hydroxylation is 1. The van der Waals surface area contributed by atoms with Gasteiger partial charge in [0, 0.05) is 29.4 Å². The highest BCUT2D eigenvalue weighted by Crippen LogP contribution is 2.26. The standard InChI is InChI=1S/C17H17N5/c1-11-10-15(20-13-7-8-13)22-17(19-11)21-14-6-2-4-12-5-3-9-18-16(12)14/h2-6,9-10,13H,7-8H2,1H3,(H2,19,20,21,22). The molecule has 0 saturated heterocycles. The van der Waals surface area contributed by atoms with E-state index < -0.39 is 0 Å². The number of benzene rings is 1. The number of fused-ring (bicyclic) bond motifs is 1. The van der Waals surface area contributed by atoms with E-state index in [9.17, 15) is 0 Å². The number of pyridine rings is 1. The van der Waals surface area contributed by atoms with Gasteiger partial charge < -0.3 is 10.6 Å². The number of rotatable bonds is 4. The molecule has 0 atom stereocenters. The molecule has 110 valence electrons. The minimum absolute atomic E-state index is 0.571. The molecule has 22 heavy (non-hydrogen) atoms. The first-order valence-electron chi connectivity index (χ1n) is 7.51. The fraction of sp³-hybridized carbons (Fsp3) is 0.235. The first kappa shape index (κ1) is 13.0. The Kier molecular flexibility index (Phi) is 3.11. The molecule has 1 fully saturated rings. The van der Waals surface area contributed by atoms with Crippen molar-refractivity contribution >= 4 is 28.4 Å². The molecule has 1 aromatic carbocycles. The molecule has 0 amide bonds. The van der Waals surface area contributed by atoms with Gasteiger partial charge in [0.2, 0.25) is 5.95 Å². The Balaban J connectivity index is 1.68. The molecule has 0 unspecified atom stereocenters. The Morgan fingerprint density at radius 3 is 2.82 bits per heavy atom. The van der Waals surface area contributed by atoms with E-state index in [0.29, 0.717) is 12.0 Å². The number of para-hydroxylation sites is 1. The lowest BCUT2D eigenvalue weighted by molar-refractivity contribution is 1.06. The van der Waals surface area contributed by atoms with Gasteiger partial charge in [0.05, 0.1) is 11.2 Å². The average molecular weight is 291 g/mol. The van der Waals surface area contributed by atoms with E-state index in [2.05, 4.69) is 25.6 Å². The summed E-state index contributed by atoms with van der Waals surface area (Å²) >= 11 is 0. The second-order valence-corrected chi connectivity index (χ2v) is 5.64. The molecule has 2 N–H and O–H groups in total. The zero-order valence-corrected chi connectivity index (χ0v) is 12.4. The summed E-state index contributed by atoms with van der Waals surface area (Å²) in [5.74, 6) is 1.48. The van der Waals surface area contributed by atoms with E-state index in [1.54, 1.807) is 6.20 Å². The van der Waals surface area contributed by atoms with Crippen LogP contribution in [-0.2, 0) is 0 Å². The molecule has 1 saturated carbocycles. The normalized spacial score (nSPS) is 14.0. The van der Waals surface area contributed by atoms with Crippen molar-refractivity contribution in [2.75, 3.05) is 10.6 Å². The van der Waals surface area contributed by atoms with Crippen molar-refractivity contribution in [3.63, 3.8) is 0 Å². The van der Waals surface area contributed by atoms with Gasteiger partial charge >= 0.3 is 0 Å². The molecule has 2 heterocycles. The van der Waals surface area contributed by atoms with Gasteiger partial charge in [0.15, 0.2) is 0 Å². The number of anilines is 3. The van der Waals surface area contributed by atoms with E-state index >= 15 is 0 Å². The van der Waals surface area contributed by atoms with Crippen LogP contribution in [0.4, 0.5) is 17.5 Å². The summed E-state index contributed by atoms with van der Waals surface area (Å²) in [6.07, 6.45) is 4.24. The van der Waals surface area contributed by atoms with Crippen LogP contribution in [0, 0.1) is 6.92 Å². The maximum absolute atomic E-state index is 4.55. The largest absolute Gasteiger partial charge is 0.367 e. The predicted octanol–water partition coefficient (Wildman–Crippen LogP) is 3.65. The van der Waals surface area contributed by atoms with Gasteiger partial charge in [0.1, 0.15) is 5.82 Å². The van der Waals surface area contributed by atoms with Crippen molar-refractivity contribution < 1.29 is 0 Å². The summed E-state index contributed by atoms with van der Waals surface area (Å²) in [6, 6.07) is 12.6. The molecular weight excluding hydrogens is 274 g/mol. The van der Waals surface area contributed by atoms with Crippen molar-refractivity contribution in [2.45, 2.75) is 25.8 Å². The highest BCUT2D eigenvalue weighted by molar-refractivity contribution is 5.91. The van der Waals surface area contributed by atoms with Crippen LogP contribution in [0.25, 0.3) is 10.9 Å². The second-order valence-electron chi connectivity index (χ2n) is 5.64. The van der Waals surface area contributed by atoms with Crippen LogP contribution in [0.15, 0.2) is 42.6 Å². The molecular formula is C17H17N5. The third kappa shape index (κ3) is 2.70. The van der Waals surface area contributed by atoms with Gasteiger partial charge in [-0.25, -0.2) is 4.98 Å². The number of aromatic nitrogens is 3. The van der Waals surface area contributed by atoms with E-state index in [-0.39, 0.29) is 0 Å². The van der Waals surface area contributed by atoms with E-state index in [1.807, 2.05) is 43.3 Å². The van der Waals surface area contributed by atoms with E-state index in [4.69, 9.17) is 0 Å². The van der Waals surface area contributed by atoms with Gasteiger partial charge in [-0.1, -0.05) is 18.2 Å². The van der Waals surface area contributed by atoms with E-state index in [1.165, 1.54) is 12.8 Å². The molecule has 0 radical (unpaired) electrons. The topological polar surface area (TPSA) is 62.7 Å². The molecule has 0 spiro atoms. The summed E-state index contributed by atoms with van der Waals surface area (Å²) in [7, 11) is 0. The molecule has 1 aliphatic carbocycles. The second kappa shape index (κ2) is 5.26. The lowest BCUT2D eigenvalue weighted by atomic mass is 10.2. The van der Waals surface area contributed by atoms with Gasteiger partial charge in [-0.05, 0) is 31.9 Å². The maximum Gasteiger partial charge on any atom is 0.229 e. The summed E-state index contributed by atoms with van der Waals surface area (Å²) in [5.41, 5.74) is 2.78. The Morgan fingerprint density at radius 2 is 1.95 bits per heavy atom. The van der Waals surface area contributed by atoms with Crippen LogP contribution in [-0.4, -0.2) is 21.0 Å². The molecule has 5 nitrogen and oxygen atoms in total. The summed E-state index contributed by atoms with van der Waals surface area (Å²) in [6.45, 7) is 1.98. The number of hydrogen-bond donors (Lipinski definition) is 2. The Morgan fingerprint density at radius 1 is 1.09 bits per heavy atom. The Hall–Kier alpha value is -2.69. The fourth-order valence-corrected chi connectivity index (χ4v) is 2.46. The molecule has 4 rings (SSSR count). The molecule has 0 bridgehead atoms. The number of nitrogens with one attached hydrogen (secondary N) is 2. The lowest BCUT2D eigenvalue weighted by Crippen LogP contribution is -2.07. The molecule has 1 aliphatic rings. The average Bonchev–Trinajstić information content (AvgIpc) is 3.31. The smallest absolute Gasteiger partial charge is 0.229 e. The third-order valence-corrected chi connectivity index (χ3v) is 3.66. The zero-order valence-electron chi connectivity index (χ0n) is 12.4. The summed E-state index contributed by atoms with van der Waals surface area (Å²) in [5, 5.41) is 7.80. The zero-order chi connectivity index (χ0) is 14.9. The number of hydrogen-bond acceptors (Lipinski definition) is 5.